The Morgan fingerprint density at radius 3 is 2.19 bits per heavy atom. The molecule has 3 nitrogen and oxygen atoms in total. The number of nitrogens with zero attached hydrogens (tertiary/aromatic N) is 1. The van der Waals surface area contributed by atoms with Crippen molar-refractivity contribution in [3.05, 3.63) is 65.2 Å². The fourth-order valence-corrected chi connectivity index (χ4v) is 6.29. The van der Waals surface area contributed by atoms with Gasteiger partial charge in [0.15, 0.2) is 0 Å². The first-order valence-corrected chi connectivity index (χ1v) is 17.2. The van der Waals surface area contributed by atoms with Crippen molar-refractivity contribution in [2.45, 2.75) is 2.07 Å². The van der Waals surface area contributed by atoms with Gasteiger partial charge >= 0.3 is 226 Å². The number of aromatic hydroxyl groups is 1. The molecule has 0 amide bonds. The summed E-state index contributed by atoms with van der Waals surface area (Å²) in [5.74, 6) is 1.25. The zero-order valence-corrected chi connectivity index (χ0v) is 30.2. The van der Waals surface area contributed by atoms with Gasteiger partial charge in [0.25, 0.3) is 0 Å². The van der Waals surface area contributed by atoms with Gasteiger partial charge in [-0.3, -0.25) is 0 Å². The molecular weight excluding hydrogens is 1120 g/mol. The number of aliphatic imine (C=N–C) groups is 1. The maximum atomic E-state index is 10.7. The third-order valence-electron chi connectivity index (χ3n) is 4.26. The summed E-state index contributed by atoms with van der Waals surface area (Å²) in [7, 11) is 1.74. The van der Waals surface area contributed by atoms with Crippen molar-refractivity contribution >= 4 is 126 Å². The molecular formula is C20H15NO2Pb4. The number of fused-ring (bicyclic) bond motifs is 1. The van der Waals surface area contributed by atoms with E-state index in [4.69, 9.17) is 9.73 Å². The number of hydrogen-bond acceptors (Lipinski definition) is 3. The van der Waals surface area contributed by atoms with Gasteiger partial charge in [-0.05, 0) is 0 Å². The Labute approximate surface area is 223 Å². The molecule has 0 aliphatic rings. The van der Waals surface area contributed by atoms with Gasteiger partial charge in [-0.25, -0.2) is 0 Å². The number of benzene rings is 3. The summed E-state index contributed by atoms with van der Waals surface area (Å²) in [6, 6.07) is 16.2. The fourth-order valence-electron chi connectivity index (χ4n) is 2.87. The van der Waals surface area contributed by atoms with E-state index in [1.165, 1.54) is 11.1 Å². The Balaban J connectivity index is 2.13. The molecule has 7 heteroatoms. The Morgan fingerprint density at radius 1 is 0.963 bits per heavy atom. The number of ether oxygens (including phenoxy) is 1. The Morgan fingerprint density at radius 2 is 1.59 bits per heavy atom. The first kappa shape index (κ1) is 22.6. The van der Waals surface area contributed by atoms with Crippen molar-refractivity contribution < 1.29 is 9.84 Å². The molecule has 0 spiro atoms. The maximum absolute atomic E-state index is 10.7. The second kappa shape index (κ2) is 10.3. The van der Waals surface area contributed by atoms with Crippen LogP contribution in [0.4, 0.5) is 5.69 Å². The van der Waals surface area contributed by atoms with Gasteiger partial charge < -0.3 is 0 Å². The first-order chi connectivity index (χ1) is 12.9. The molecule has 0 saturated carbocycles. The van der Waals surface area contributed by atoms with Gasteiger partial charge in [-0.2, -0.15) is 0 Å². The standard InChI is InChI=1S/C20H15NO2.4Pb/c1-13-10-17(23-3)11-14(2)19(13)21-12-16-9-8-15-6-4-5-7-18(15)20(16)22;;;;/h1-2,4-12,22H,3H3;;;;. The Hall–Kier alpha value is 0.878. The van der Waals surface area contributed by atoms with E-state index in [9.17, 15) is 5.11 Å². The molecule has 3 aromatic carbocycles. The van der Waals surface area contributed by atoms with E-state index in [0.29, 0.717) is 7.82 Å². The second-order valence-electron chi connectivity index (χ2n) is 6.00. The Kier molecular flexibility index (Phi) is 8.58. The van der Waals surface area contributed by atoms with Gasteiger partial charge in [0.1, 0.15) is 0 Å². The molecule has 0 atom stereocenters. The van der Waals surface area contributed by atoms with Gasteiger partial charge in [0, 0.05) is 0 Å². The summed E-state index contributed by atoms with van der Waals surface area (Å²) < 4.78 is 6.80. The van der Waals surface area contributed by atoms with Crippen molar-refractivity contribution in [3.8, 4) is 11.5 Å². The molecule has 3 rings (SSSR count). The molecule has 0 heterocycles. The van der Waals surface area contributed by atoms with Gasteiger partial charge in [-0.15, -0.1) is 0 Å². The molecule has 128 valence electrons. The van der Waals surface area contributed by atoms with E-state index < -0.39 is 0 Å². The molecule has 12 radical (unpaired) electrons. The fraction of sp³-hybridized carbons (Fsp3) is 0.150. The van der Waals surface area contributed by atoms with Gasteiger partial charge in [0.2, 0.25) is 0 Å². The van der Waals surface area contributed by atoms with E-state index in [2.05, 4.69) is 12.1 Å². The van der Waals surface area contributed by atoms with Crippen LogP contribution in [0.3, 0.4) is 0 Å². The monoisotopic (exact) mass is 1130 g/mol. The van der Waals surface area contributed by atoms with Crippen LogP contribution < -0.4 is 4.74 Å². The van der Waals surface area contributed by atoms with E-state index in [1.54, 1.807) is 7.11 Å². The average molecular weight is 1130 g/mol. The molecule has 0 unspecified atom stereocenters. The predicted molar refractivity (Wildman–Crippen MR) is 114 cm³/mol. The minimum absolute atomic E-state index is 0.301. The molecule has 0 fully saturated rings. The number of methoxy groups -OCH3 is 1. The first-order valence-electron chi connectivity index (χ1n) is 8.23. The van der Waals surface area contributed by atoms with Crippen LogP contribution >= 0.6 is 0 Å². The van der Waals surface area contributed by atoms with E-state index in [-0.39, 0.29) is 0 Å². The van der Waals surface area contributed by atoms with Crippen LogP contribution in [0.2, 0.25) is 0 Å². The van der Waals surface area contributed by atoms with Crippen molar-refractivity contribution in [1.29, 1.82) is 0 Å². The molecule has 27 heavy (non-hydrogen) atoms. The van der Waals surface area contributed by atoms with Crippen LogP contribution in [0.25, 0.3) is 10.8 Å². The summed E-state index contributed by atoms with van der Waals surface area (Å²) in [6.45, 7) is 0. The van der Waals surface area contributed by atoms with Crippen molar-refractivity contribution in [3.63, 3.8) is 0 Å². The summed E-state index contributed by atoms with van der Waals surface area (Å²) in [4.78, 5) is 4.91. The molecule has 3 aromatic rings. The van der Waals surface area contributed by atoms with Crippen molar-refractivity contribution in [1.82, 2.24) is 0 Å². The third-order valence-corrected chi connectivity index (χ3v) is 9.10. The van der Waals surface area contributed by atoms with E-state index >= 15 is 0 Å². The SMILES string of the molecule is COc1cc([CH]([Pb])[Pb])c(N=Cc2ccc3ccccc3c2O)c([CH]([Pb])[Pb])c1. The number of phenolic OH excluding ortho intramolecular Hbond substituents is 1. The molecule has 1 N–H and O–H groups in total. The molecule has 0 bridgehead atoms. The second-order valence-corrected chi connectivity index (χ2v) is 32.4. The zero-order chi connectivity index (χ0) is 19.6. The average Bonchev–Trinajstić information content (AvgIpc) is 2.67. The summed E-state index contributed by atoms with van der Waals surface area (Å²) >= 11 is 4.48. The van der Waals surface area contributed by atoms with Gasteiger partial charge in [0.05, 0.1) is 0 Å². The molecule has 0 aliphatic heterocycles. The number of phenols is 1. The van der Waals surface area contributed by atoms with Crippen LogP contribution in [-0.4, -0.2) is 122 Å². The number of rotatable bonds is 5. The van der Waals surface area contributed by atoms with Crippen molar-refractivity contribution in [2.24, 2.45) is 4.99 Å². The van der Waals surface area contributed by atoms with E-state index in [1.807, 2.05) is 42.6 Å². The normalized spacial score (nSPS) is 11.8. The number of hydrogen-bond donors (Lipinski definition) is 1. The molecule has 0 saturated heterocycles. The van der Waals surface area contributed by atoms with Crippen LogP contribution in [0.1, 0.15) is 18.8 Å². The van der Waals surface area contributed by atoms with Gasteiger partial charge in [-0.1, -0.05) is 0 Å². The summed E-state index contributed by atoms with van der Waals surface area (Å²) in [5.41, 5.74) is 4.50. The molecule has 0 aliphatic carbocycles. The third kappa shape index (κ3) is 5.33. The van der Waals surface area contributed by atoms with Crippen LogP contribution in [0, 0.1) is 0 Å². The summed E-state index contributed by atoms with van der Waals surface area (Å²) in [6.07, 6.45) is 1.83. The van der Waals surface area contributed by atoms with Crippen molar-refractivity contribution in [2.75, 3.05) is 7.11 Å². The minimum atomic E-state index is 0.301. The quantitative estimate of drug-likeness (QED) is 0.316. The van der Waals surface area contributed by atoms with E-state index in [0.717, 1.165) is 131 Å². The zero-order valence-electron chi connectivity index (χ0n) is 14.7. The Bertz CT molecular complexity index is 973. The van der Waals surface area contributed by atoms with Crippen LogP contribution in [-0.2, 0) is 0 Å². The van der Waals surface area contributed by atoms with Crippen LogP contribution in [0.15, 0.2) is 53.5 Å². The van der Waals surface area contributed by atoms with Crippen LogP contribution in [0.5, 0.6) is 11.5 Å². The topological polar surface area (TPSA) is 41.8 Å². The predicted octanol–water partition coefficient (Wildman–Crippen LogP) is 2.98. The summed E-state index contributed by atoms with van der Waals surface area (Å²) in [5, 5.41) is 12.6. The molecule has 0 aromatic heterocycles.